The summed E-state index contributed by atoms with van der Waals surface area (Å²) in [6, 6.07) is 0. The minimum Gasteiger partial charge on any atom is -0.376 e. The second kappa shape index (κ2) is 6.87. The molecule has 0 N–H and O–H groups in total. The average Bonchev–Trinajstić information content (AvgIpc) is 2.93. The molecule has 0 aliphatic carbocycles. The molecule has 5 atom stereocenters. The number of hydrogen-bond donors (Lipinski definition) is 0. The summed E-state index contributed by atoms with van der Waals surface area (Å²) in [7, 11) is -4.71. The van der Waals surface area contributed by atoms with Gasteiger partial charge in [0.25, 0.3) is 0 Å². The molecule has 0 aromatic heterocycles. The molecule has 2 aliphatic rings. The predicted molar refractivity (Wildman–Crippen MR) is 73.4 cm³/mol. The number of fused-ring (bicyclic) bond motifs is 1. The van der Waals surface area contributed by atoms with Crippen molar-refractivity contribution in [3.05, 3.63) is 10.4 Å². The summed E-state index contributed by atoms with van der Waals surface area (Å²) in [5, 5.41) is 3.08. The summed E-state index contributed by atoms with van der Waals surface area (Å²) < 4.78 is 86.1. The van der Waals surface area contributed by atoms with E-state index in [0.29, 0.717) is 0 Å². The maximum absolute atomic E-state index is 12.6. The van der Waals surface area contributed by atoms with Gasteiger partial charge in [0.05, 0.1) is 6.54 Å². The average molecular weight is 391 g/mol. The van der Waals surface area contributed by atoms with Gasteiger partial charge in [0.1, 0.15) is 24.4 Å². The van der Waals surface area contributed by atoms with Gasteiger partial charge in [-0.3, -0.25) is 4.18 Å². The molecule has 0 saturated carbocycles. The molecule has 0 aromatic rings. The van der Waals surface area contributed by atoms with E-state index in [1.807, 2.05) is 0 Å². The van der Waals surface area contributed by atoms with E-state index in [-0.39, 0.29) is 0 Å². The Labute approximate surface area is 140 Å². The van der Waals surface area contributed by atoms with E-state index in [0.717, 1.165) is 0 Å². The van der Waals surface area contributed by atoms with Crippen LogP contribution in [0.4, 0.5) is 13.2 Å². The molecule has 144 valence electrons. The van der Waals surface area contributed by atoms with Crippen molar-refractivity contribution in [2.24, 2.45) is 5.11 Å². The van der Waals surface area contributed by atoms with E-state index < -0.39 is 58.7 Å². The molecule has 2 saturated heterocycles. The van der Waals surface area contributed by atoms with Crippen LogP contribution in [-0.4, -0.2) is 64.1 Å². The zero-order valence-electron chi connectivity index (χ0n) is 13.3. The topological polar surface area (TPSA) is 129 Å². The molecule has 2 fully saturated rings. The third-order valence-electron chi connectivity index (χ3n) is 3.52. The van der Waals surface area contributed by atoms with Crippen LogP contribution in [0, 0.1) is 0 Å². The standard InChI is InChI=1S/C11H16F3N3O7S/c1-10(2)22-8-7(20-3)6(21-9(8)23-10)5(4-16-17-15)24-25(18,19)11(12,13)14/h5-9H,4H2,1-3H3/t5-,6-,7+,8-,9-/m1/s1. The third-order valence-corrected chi connectivity index (χ3v) is 4.59. The summed E-state index contributed by atoms with van der Waals surface area (Å²) >= 11 is 0. The molecule has 0 bridgehead atoms. The Morgan fingerprint density at radius 3 is 2.52 bits per heavy atom. The van der Waals surface area contributed by atoms with Crippen LogP contribution in [0.3, 0.4) is 0 Å². The molecule has 2 heterocycles. The van der Waals surface area contributed by atoms with Gasteiger partial charge in [0.15, 0.2) is 12.1 Å². The Bertz CT molecular complexity index is 650. The maximum Gasteiger partial charge on any atom is 0.523 e. The Kier molecular flexibility index (Phi) is 5.54. The van der Waals surface area contributed by atoms with Crippen molar-refractivity contribution in [1.29, 1.82) is 0 Å². The number of nitrogens with zero attached hydrogens (tertiary/aromatic N) is 3. The fourth-order valence-electron chi connectivity index (χ4n) is 2.60. The van der Waals surface area contributed by atoms with Crippen LogP contribution < -0.4 is 0 Å². The molecule has 0 aromatic carbocycles. The van der Waals surface area contributed by atoms with Gasteiger partial charge in [-0.15, -0.1) is 0 Å². The molecule has 0 spiro atoms. The molecule has 25 heavy (non-hydrogen) atoms. The number of methoxy groups -OCH3 is 1. The molecule has 0 unspecified atom stereocenters. The van der Waals surface area contributed by atoms with Crippen LogP contribution in [0.25, 0.3) is 10.4 Å². The normalized spacial score (nSPS) is 32.9. The molecule has 2 aliphatic heterocycles. The number of alkyl halides is 3. The van der Waals surface area contributed by atoms with E-state index in [1.165, 1.54) is 7.11 Å². The van der Waals surface area contributed by atoms with E-state index in [4.69, 9.17) is 24.5 Å². The van der Waals surface area contributed by atoms with Crippen LogP contribution in [0.15, 0.2) is 5.11 Å². The highest BCUT2D eigenvalue weighted by atomic mass is 32.2. The highest BCUT2D eigenvalue weighted by Gasteiger charge is 2.59. The van der Waals surface area contributed by atoms with Gasteiger partial charge < -0.3 is 18.9 Å². The lowest BCUT2D eigenvalue weighted by Gasteiger charge is -2.29. The largest absolute Gasteiger partial charge is 0.523 e. The van der Waals surface area contributed by atoms with Crippen molar-refractivity contribution in [2.75, 3.05) is 13.7 Å². The van der Waals surface area contributed by atoms with Gasteiger partial charge in [-0.1, -0.05) is 5.11 Å². The van der Waals surface area contributed by atoms with Crippen molar-refractivity contribution in [1.82, 2.24) is 0 Å². The van der Waals surface area contributed by atoms with Gasteiger partial charge in [-0.05, 0) is 19.4 Å². The molecular weight excluding hydrogens is 375 g/mol. The van der Waals surface area contributed by atoms with Gasteiger partial charge in [-0.25, -0.2) is 0 Å². The minimum atomic E-state index is -5.94. The Hall–Kier alpha value is -1.15. The van der Waals surface area contributed by atoms with Crippen molar-refractivity contribution in [3.63, 3.8) is 0 Å². The van der Waals surface area contributed by atoms with E-state index in [2.05, 4.69) is 14.2 Å². The zero-order valence-corrected chi connectivity index (χ0v) is 14.2. The lowest BCUT2D eigenvalue weighted by molar-refractivity contribution is -0.225. The monoisotopic (exact) mass is 391 g/mol. The lowest BCUT2D eigenvalue weighted by Crippen LogP contribution is -2.46. The third kappa shape index (κ3) is 4.16. The predicted octanol–water partition coefficient (Wildman–Crippen LogP) is 1.42. The first-order chi connectivity index (χ1) is 11.4. The van der Waals surface area contributed by atoms with Crippen molar-refractivity contribution < 1.29 is 44.7 Å². The van der Waals surface area contributed by atoms with Gasteiger partial charge in [0.2, 0.25) is 0 Å². The number of halogens is 3. The van der Waals surface area contributed by atoms with Crippen molar-refractivity contribution in [2.45, 2.75) is 55.8 Å². The van der Waals surface area contributed by atoms with Crippen LogP contribution in [0.5, 0.6) is 0 Å². The second-order valence-corrected chi connectivity index (χ2v) is 7.28. The van der Waals surface area contributed by atoms with Gasteiger partial charge in [0, 0.05) is 12.0 Å². The molecule has 10 nitrogen and oxygen atoms in total. The molecular formula is C11H16F3N3O7S. The first-order valence-electron chi connectivity index (χ1n) is 6.96. The summed E-state index contributed by atoms with van der Waals surface area (Å²) in [5.74, 6) is -1.02. The highest BCUT2D eigenvalue weighted by molar-refractivity contribution is 7.87. The minimum absolute atomic E-state index is 0.737. The SMILES string of the molecule is CO[C@@H]1[C@H]2OC(C)(C)O[C@H]2O[C@@H]1[C@@H](CN=[N+]=[N-])OS(=O)(=O)C(F)(F)F. The molecule has 0 radical (unpaired) electrons. The zero-order chi connectivity index (χ0) is 19.0. The van der Waals surface area contributed by atoms with Crippen LogP contribution in [0.1, 0.15) is 13.8 Å². The summed E-state index contributed by atoms with van der Waals surface area (Å²) in [6.07, 6.45) is -5.95. The van der Waals surface area contributed by atoms with Crippen LogP contribution >= 0.6 is 0 Å². The first-order valence-corrected chi connectivity index (χ1v) is 8.37. The summed E-state index contributed by atoms with van der Waals surface area (Å²) in [6.45, 7) is 2.45. The fourth-order valence-corrected chi connectivity index (χ4v) is 3.20. The summed E-state index contributed by atoms with van der Waals surface area (Å²) in [5.41, 5.74) is 2.73. The van der Waals surface area contributed by atoms with Crippen molar-refractivity contribution in [3.8, 4) is 0 Å². The van der Waals surface area contributed by atoms with Crippen LogP contribution in [-0.2, 0) is 33.2 Å². The Morgan fingerprint density at radius 2 is 2.00 bits per heavy atom. The number of rotatable bonds is 6. The molecule has 2 rings (SSSR count). The lowest BCUT2D eigenvalue weighted by atomic mass is 10.1. The second-order valence-electron chi connectivity index (χ2n) is 5.72. The number of azide groups is 1. The van der Waals surface area contributed by atoms with Crippen LogP contribution in [0.2, 0.25) is 0 Å². The summed E-state index contributed by atoms with van der Waals surface area (Å²) in [4.78, 5) is 2.40. The van der Waals surface area contributed by atoms with E-state index in [1.54, 1.807) is 13.8 Å². The van der Waals surface area contributed by atoms with E-state index in [9.17, 15) is 21.6 Å². The first kappa shape index (κ1) is 20.2. The molecule has 14 heteroatoms. The van der Waals surface area contributed by atoms with E-state index >= 15 is 0 Å². The fraction of sp³-hybridized carbons (Fsp3) is 1.00. The highest BCUT2D eigenvalue weighted by Crippen LogP contribution is 2.40. The Morgan fingerprint density at radius 1 is 1.36 bits per heavy atom. The number of ether oxygens (including phenoxy) is 4. The smallest absolute Gasteiger partial charge is 0.376 e. The van der Waals surface area contributed by atoms with Gasteiger partial charge >= 0.3 is 15.6 Å². The van der Waals surface area contributed by atoms with Crippen molar-refractivity contribution >= 4 is 10.1 Å². The maximum atomic E-state index is 12.6. The Balaban J connectivity index is 2.25. The molecule has 0 amide bonds. The number of hydrogen-bond acceptors (Lipinski definition) is 8. The van der Waals surface area contributed by atoms with Gasteiger partial charge in [-0.2, -0.15) is 21.6 Å². The quantitative estimate of drug-likeness (QED) is 0.220.